The van der Waals surface area contributed by atoms with E-state index in [9.17, 15) is 4.79 Å². The number of carbonyl (C=O) groups is 1. The van der Waals surface area contributed by atoms with E-state index in [1.54, 1.807) is 6.08 Å². The van der Waals surface area contributed by atoms with Crippen molar-refractivity contribution in [3.8, 4) is 22.7 Å². The summed E-state index contributed by atoms with van der Waals surface area (Å²) in [5.74, 6) is 0.494. The topological polar surface area (TPSA) is 82.5 Å². The number of aliphatic imine (C=N–C) groups is 1. The molecule has 0 spiro atoms. The van der Waals surface area contributed by atoms with Gasteiger partial charge in [0.2, 0.25) is 0 Å². The molecule has 0 aliphatic carbocycles. The predicted molar refractivity (Wildman–Crippen MR) is 117 cm³/mol. The van der Waals surface area contributed by atoms with Crippen LogP contribution >= 0.6 is 11.8 Å². The average Bonchev–Trinajstić information content (AvgIpc) is 3.26. The Balaban J connectivity index is 1.83. The van der Waals surface area contributed by atoms with Crippen molar-refractivity contribution in [3.05, 3.63) is 70.8 Å². The molecule has 1 aromatic heterocycles. The van der Waals surface area contributed by atoms with E-state index in [1.165, 1.54) is 11.8 Å². The van der Waals surface area contributed by atoms with E-state index in [-0.39, 0.29) is 11.1 Å². The van der Waals surface area contributed by atoms with Crippen molar-refractivity contribution in [1.82, 2.24) is 9.78 Å². The molecule has 29 heavy (non-hydrogen) atoms. The van der Waals surface area contributed by atoms with E-state index in [0.717, 1.165) is 33.8 Å². The van der Waals surface area contributed by atoms with Gasteiger partial charge in [0.05, 0.1) is 17.2 Å². The molecule has 0 atom stereocenters. The minimum atomic E-state index is -0.325. The molecular formula is C22H20N4O2S. The minimum absolute atomic E-state index is 0.260. The predicted octanol–water partition coefficient (Wildman–Crippen LogP) is 4.18. The van der Waals surface area contributed by atoms with Gasteiger partial charge in [-0.1, -0.05) is 18.2 Å². The molecule has 2 N–H and O–H groups in total. The van der Waals surface area contributed by atoms with Gasteiger partial charge in [-0.25, -0.2) is 4.68 Å². The lowest BCUT2D eigenvalue weighted by Crippen LogP contribution is -2.01. The van der Waals surface area contributed by atoms with Crippen LogP contribution in [-0.2, 0) is 4.79 Å². The number of nitrogens with zero attached hydrogens (tertiary/aromatic N) is 3. The maximum atomic E-state index is 12.1. The SMILES string of the molecule is CCOc1ccc(-c2nn(-c3ccccc3)cc2C=C2SC(N)=NC2=O)c(C)c1. The Morgan fingerprint density at radius 1 is 1.21 bits per heavy atom. The lowest BCUT2D eigenvalue weighted by molar-refractivity contribution is -0.113. The molecule has 1 aliphatic heterocycles. The van der Waals surface area contributed by atoms with E-state index in [0.29, 0.717) is 11.5 Å². The van der Waals surface area contributed by atoms with E-state index in [2.05, 4.69) is 4.99 Å². The first-order valence-electron chi connectivity index (χ1n) is 9.22. The van der Waals surface area contributed by atoms with E-state index in [4.69, 9.17) is 15.6 Å². The Hall–Kier alpha value is -3.32. The number of hydrogen-bond donors (Lipinski definition) is 1. The third-order valence-corrected chi connectivity index (χ3v) is 5.26. The van der Waals surface area contributed by atoms with Crippen molar-refractivity contribution < 1.29 is 9.53 Å². The summed E-state index contributed by atoms with van der Waals surface area (Å²) < 4.78 is 7.41. The lowest BCUT2D eigenvalue weighted by Gasteiger charge is -2.08. The number of ether oxygens (including phenoxy) is 1. The van der Waals surface area contributed by atoms with Crippen LogP contribution in [0.25, 0.3) is 23.0 Å². The zero-order chi connectivity index (χ0) is 20.4. The van der Waals surface area contributed by atoms with Crippen LogP contribution in [0.15, 0.2) is 64.6 Å². The summed E-state index contributed by atoms with van der Waals surface area (Å²) in [6.45, 7) is 4.59. The number of rotatable bonds is 5. The number of para-hydroxylation sites is 1. The normalized spacial score (nSPS) is 15.0. The number of aromatic nitrogens is 2. The van der Waals surface area contributed by atoms with Crippen molar-refractivity contribution in [1.29, 1.82) is 0 Å². The number of carbonyl (C=O) groups excluding carboxylic acids is 1. The molecule has 4 rings (SSSR count). The molecule has 3 aromatic rings. The maximum absolute atomic E-state index is 12.1. The lowest BCUT2D eigenvalue weighted by atomic mass is 10.0. The first-order chi connectivity index (χ1) is 14.0. The Kier molecular flexibility index (Phi) is 5.22. The number of aryl methyl sites for hydroxylation is 1. The van der Waals surface area contributed by atoms with Crippen molar-refractivity contribution in [3.63, 3.8) is 0 Å². The van der Waals surface area contributed by atoms with E-state index in [1.807, 2.05) is 73.3 Å². The fraction of sp³-hybridized carbons (Fsp3) is 0.136. The highest BCUT2D eigenvalue weighted by molar-refractivity contribution is 8.18. The number of benzene rings is 2. The molecule has 2 aromatic carbocycles. The average molecular weight is 404 g/mol. The molecule has 0 saturated carbocycles. The van der Waals surface area contributed by atoms with Gasteiger partial charge in [-0.3, -0.25) is 4.79 Å². The van der Waals surface area contributed by atoms with Gasteiger partial charge in [-0.05, 0) is 67.6 Å². The molecule has 6 nitrogen and oxygen atoms in total. The van der Waals surface area contributed by atoms with Crippen molar-refractivity contribution >= 4 is 28.9 Å². The van der Waals surface area contributed by atoms with Gasteiger partial charge in [-0.15, -0.1) is 0 Å². The van der Waals surface area contributed by atoms with Gasteiger partial charge in [0.15, 0.2) is 5.17 Å². The molecule has 0 bridgehead atoms. The summed E-state index contributed by atoms with van der Waals surface area (Å²) in [5.41, 5.74) is 10.2. The monoisotopic (exact) mass is 404 g/mol. The van der Waals surface area contributed by atoms with E-state index < -0.39 is 0 Å². The maximum Gasteiger partial charge on any atom is 0.286 e. The van der Waals surface area contributed by atoms with Gasteiger partial charge < -0.3 is 10.5 Å². The molecule has 0 unspecified atom stereocenters. The Morgan fingerprint density at radius 3 is 2.66 bits per heavy atom. The van der Waals surface area contributed by atoms with Crippen molar-refractivity contribution in [2.24, 2.45) is 10.7 Å². The van der Waals surface area contributed by atoms with Crippen LogP contribution in [0, 0.1) is 6.92 Å². The highest BCUT2D eigenvalue weighted by Gasteiger charge is 2.22. The quantitative estimate of drug-likeness (QED) is 0.645. The highest BCUT2D eigenvalue weighted by atomic mass is 32.2. The fourth-order valence-corrected chi connectivity index (χ4v) is 3.81. The summed E-state index contributed by atoms with van der Waals surface area (Å²) >= 11 is 1.17. The number of amidine groups is 1. The second-order valence-corrected chi connectivity index (χ2v) is 7.55. The van der Waals surface area contributed by atoms with Gasteiger partial charge in [0.25, 0.3) is 5.91 Å². The summed E-state index contributed by atoms with van der Waals surface area (Å²) in [4.78, 5) is 16.4. The smallest absolute Gasteiger partial charge is 0.286 e. The van der Waals surface area contributed by atoms with E-state index >= 15 is 0 Å². The molecule has 1 aliphatic rings. The highest BCUT2D eigenvalue weighted by Crippen LogP contribution is 2.33. The summed E-state index contributed by atoms with van der Waals surface area (Å²) in [5, 5.41) is 5.08. The molecule has 146 valence electrons. The number of hydrogen-bond acceptors (Lipinski definition) is 5. The van der Waals surface area contributed by atoms with Gasteiger partial charge in [-0.2, -0.15) is 10.1 Å². The molecule has 0 saturated heterocycles. The zero-order valence-corrected chi connectivity index (χ0v) is 16.9. The van der Waals surface area contributed by atoms with Gasteiger partial charge in [0.1, 0.15) is 11.4 Å². The van der Waals surface area contributed by atoms with Crippen LogP contribution in [0.4, 0.5) is 0 Å². The molecule has 0 radical (unpaired) electrons. The summed E-state index contributed by atoms with van der Waals surface area (Å²) in [7, 11) is 0. The Morgan fingerprint density at radius 2 is 2.00 bits per heavy atom. The second-order valence-electron chi connectivity index (χ2n) is 6.49. The van der Waals surface area contributed by atoms with Crippen molar-refractivity contribution in [2.45, 2.75) is 13.8 Å². The Labute approximate surface area is 173 Å². The third kappa shape index (κ3) is 3.95. The van der Waals surface area contributed by atoms with Crippen LogP contribution in [-0.4, -0.2) is 27.5 Å². The number of nitrogens with two attached hydrogens (primary N) is 1. The van der Waals surface area contributed by atoms with Crippen LogP contribution in [0.2, 0.25) is 0 Å². The molecule has 1 amide bonds. The number of thioether (sulfide) groups is 1. The van der Waals surface area contributed by atoms with Crippen LogP contribution in [0.5, 0.6) is 5.75 Å². The van der Waals surface area contributed by atoms with Crippen LogP contribution < -0.4 is 10.5 Å². The minimum Gasteiger partial charge on any atom is -0.494 e. The Bertz CT molecular complexity index is 1130. The molecular weight excluding hydrogens is 384 g/mol. The standard InChI is InChI=1S/C22H20N4O2S/c1-3-28-17-9-10-18(14(2)11-17)20-15(12-19-21(27)24-22(23)29-19)13-26(25-20)16-7-5-4-6-8-16/h4-13H,3H2,1-2H3,(H2,23,24,27). The fourth-order valence-electron chi connectivity index (χ4n) is 3.14. The van der Waals surface area contributed by atoms with Crippen LogP contribution in [0.3, 0.4) is 0 Å². The first-order valence-corrected chi connectivity index (χ1v) is 10.0. The first kappa shape index (κ1) is 19.0. The zero-order valence-electron chi connectivity index (χ0n) is 16.1. The number of amides is 1. The molecule has 0 fully saturated rings. The van der Waals surface area contributed by atoms with Gasteiger partial charge in [0, 0.05) is 17.3 Å². The van der Waals surface area contributed by atoms with Crippen LogP contribution in [0.1, 0.15) is 18.1 Å². The second kappa shape index (κ2) is 7.97. The largest absolute Gasteiger partial charge is 0.494 e. The summed E-state index contributed by atoms with van der Waals surface area (Å²) in [6.07, 6.45) is 3.71. The third-order valence-electron chi connectivity index (χ3n) is 4.45. The van der Waals surface area contributed by atoms with Crippen molar-refractivity contribution in [2.75, 3.05) is 6.61 Å². The molecule has 2 heterocycles. The summed E-state index contributed by atoms with van der Waals surface area (Å²) in [6, 6.07) is 15.8. The van der Waals surface area contributed by atoms with Gasteiger partial charge >= 0.3 is 0 Å². The molecule has 7 heteroatoms.